The molecule has 1 aromatic heterocycles. The molecule has 0 aromatic carbocycles. The number of nitrogens with one attached hydrogen (secondary N) is 1. The highest BCUT2D eigenvalue weighted by molar-refractivity contribution is 7.89. The van der Waals surface area contributed by atoms with Crippen molar-refractivity contribution < 1.29 is 16.8 Å². The van der Waals surface area contributed by atoms with Gasteiger partial charge in [0, 0.05) is 31.0 Å². The van der Waals surface area contributed by atoms with E-state index in [4.69, 9.17) is 11.6 Å². The summed E-state index contributed by atoms with van der Waals surface area (Å²) in [5.41, 5.74) is 0. The lowest BCUT2D eigenvalue weighted by atomic mass is 9.92. The predicted molar refractivity (Wildman–Crippen MR) is 90.7 cm³/mol. The molecule has 1 saturated carbocycles. The van der Waals surface area contributed by atoms with Crippen molar-refractivity contribution in [3.05, 3.63) is 23.5 Å². The van der Waals surface area contributed by atoms with Crippen LogP contribution in [0.2, 0.25) is 5.02 Å². The fourth-order valence-corrected chi connectivity index (χ4v) is 6.71. The Bertz CT molecular complexity index is 805. The van der Waals surface area contributed by atoms with Gasteiger partial charge in [0.2, 0.25) is 20.0 Å². The summed E-state index contributed by atoms with van der Waals surface area (Å²) in [6.45, 7) is 0.581. The van der Waals surface area contributed by atoms with Crippen LogP contribution in [0.1, 0.15) is 32.1 Å². The summed E-state index contributed by atoms with van der Waals surface area (Å²) in [4.78, 5) is 3.84. The van der Waals surface area contributed by atoms with Crippen LogP contribution in [0.25, 0.3) is 0 Å². The van der Waals surface area contributed by atoms with E-state index in [2.05, 4.69) is 9.71 Å². The summed E-state index contributed by atoms with van der Waals surface area (Å²) in [7, 11) is -6.79. The number of aromatic nitrogens is 1. The molecule has 0 bridgehead atoms. The molecule has 2 fully saturated rings. The van der Waals surface area contributed by atoms with Crippen molar-refractivity contribution in [2.45, 2.75) is 49.1 Å². The molecular weight excluding hydrogens is 374 g/mol. The number of nitrogens with zero attached hydrogens (tertiary/aromatic N) is 2. The van der Waals surface area contributed by atoms with Crippen LogP contribution in [-0.2, 0) is 20.0 Å². The quantitative estimate of drug-likeness (QED) is 0.833. The van der Waals surface area contributed by atoms with Gasteiger partial charge in [-0.1, -0.05) is 11.6 Å². The molecule has 0 radical (unpaired) electrons. The number of hydrogen-bond acceptors (Lipinski definition) is 5. The highest BCUT2D eigenvalue weighted by Crippen LogP contribution is 2.29. The van der Waals surface area contributed by atoms with Gasteiger partial charge in [0.1, 0.15) is 4.90 Å². The Morgan fingerprint density at radius 3 is 2.50 bits per heavy atom. The van der Waals surface area contributed by atoms with E-state index in [0.29, 0.717) is 38.6 Å². The third-order valence-corrected chi connectivity index (χ3v) is 8.25. The first kappa shape index (κ1) is 18.1. The summed E-state index contributed by atoms with van der Waals surface area (Å²) in [6.07, 6.45) is 5.88. The van der Waals surface area contributed by atoms with Crippen LogP contribution in [-0.4, -0.2) is 50.5 Å². The standard InChI is InChI=1S/C14H20ClN3O4S2/c15-11-8-14(10-16-9-11)24(21,22)17-12-2-4-13(5-3-12)18-6-1-7-23(18,19)20/h8-10,12-13,17H,1-7H2. The largest absolute Gasteiger partial charge is 0.262 e. The van der Waals surface area contributed by atoms with Crippen molar-refractivity contribution in [2.24, 2.45) is 0 Å². The van der Waals surface area contributed by atoms with Crippen molar-refractivity contribution in [3.63, 3.8) is 0 Å². The smallest absolute Gasteiger partial charge is 0.242 e. The van der Waals surface area contributed by atoms with Crippen LogP contribution in [0.4, 0.5) is 0 Å². The molecule has 2 heterocycles. The second kappa shape index (κ2) is 6.87. The molecule has 3 rings (SSSR count). The molecule has 10 heteroatoms. The Morgan fingerprint density at radius 2 is 1.92 bits per heavy atom. The first-order chi connectivity index (χ1) is 11.3. The minimum absolute atomic E-state index is 0.00825. The first-order valence-electron chi connectivity index (χ1n) is 7.90. The molecule has 0 atom stereocenters. The van der Waals surface area contributed by atoms with Gasteiger partial charge in [0.15, 0.2) is 0 Å². The zero-order valence-corrected chi connectivity index (χ0v) is 15.4. The maximum absolute atomic E-state index is 12.4. The molecule has 0 unspecified atom stereocenters. The van der Waals surface area contributed by atoms with Gasteiger partial charge in [-0.25, -0.2) is 21.6 Å². The average molecular weight is 394 g/mol. The predicted octanol–water partition coefficient (Wildman–Crippen LogP) is 1.36. The fraction of sp³-hybridized carbons (Fsp3) is 0.643. The van der Waals surface area contributed by atoms with Gasteiger partial charge in [-0.15, -0.1) is 0 Å². The second-order valence-electron chi connectivity index (χ2n) is 6.25. The minimum Gasteiger partial charge on any atom is -0.262 e. The Morgan fingerprint density at radius 1 is 1.21 bits per heavy atom. The van der Waals surface area contributed by atoms with E-state index in [1.807, 2.05) is 0 Å². The van der Waals surface area contributed by atoms with Gasteiger partial charge in [-0.2, -0.15) is 4.31 Å². The lowest BCUT2D eigenvalue weighted by molar-refractivity contribution is 0.246. The summed E-state index contributed by atoms with van der Waals surface area (Å²) in [6, 6.07) is 1.15. The number of rotatable bonds is 4. The van der Waals surface area contributed by atoms with Crippen molar-refractivity contribution in [2.75, 3.05) is 12.3 Å². The molecule has 1 aliphatic heterocycles. The lowest BCUT2D eigenvalue weighted by Gasteiger charge is -2.33. The third-order valence-electron chi connectivity index (χ3n) is 4.55. The highest BCUT2D eigenvalue weighted by atomic mass is 35.5. The number of pyridine rings is 1. The Labute approximate surface area is 147 Å². The summed E-state index contributed by atoms with van der Waals surface area (Å²) < 4.78 is 53.0. The zero-order valence-electron chi connectivity index (χ0n) is 13.1. The molecule has 1 saturated heterocycles. The van der Waals surface area contributed by atoms with Crippen LogP contribution in [0, 0.1) is 0 Å². The number of hydrogen-bond donors (Lipinski definition) is 1. The minimum atomic E-state index is -3.67. The molecule has 24 heavy (non-hydrogen) atoms. The molecule has 0 spiro atoms. The van der Waals surface area contributed by atoms with Crippen LogP contribution in [0.3, 0.4) is 0 Å². The van der Waals surface area contributed by atoms with Crippen molar-refractivity contribution in [1.29, 1.82) is 0 Å². The topological polar surface area (TPSA) is 96.4 Å². The van der Waals surface area contributed by atoms with Crippen LogP contribution in [0.5, 0.6) is 0 Å². The normalized spacial score (nSPS) is 28.0. The summed E-state index contributed by atoms with van der Waals surface area (Å²) >= 11 is 5.80. The molecule has 1 N–H and O–H groups in total. The molecular formula is C14H20ClN3O4S2. The molecule has 2 aliphatic rings. The van der Waals surface area contributed by atoms with Crippen molar-refractivity contribution >= 4 is 31.6 Å². The van der Waals surface area contributed by atoms with Crippen LogP contribution < -0.4 is 4.72 Å². The molecule has 0 amide bonds. The van der Waals surface area contributed by atoms with E-state index in [-0.39, 0.29) is 27.8 Å². The second-order valence-corrected chi connectivity index (χ2v) is 10.4. The zero-order chi connectivity index (χ0) is 17.4. The monoisotopic (exact) mass is 393 g/mol. The van der Waals surface area contributed by atoms with Gasteiger partial charge in [-0.05, 0) is 38.2 Å². The van der Waals surface area contributed by atoms with E-state index < -0.39 is 20.0 Å². The van der Waals surface area contributed by atoms with Gasteiger partial charge in [-0.3, -0.25) is 4.98 Å². The molecule has 1 aromatic rings. The summed E-state index contributed by atoms with van der Waals surface area (Å²) in [5.74, 6) is 0.224. The van der Waals surface area contributed by atoms with E-state index in [9.17, 15) is 16.8 Å². The SMILES string of the molecule is O=S(=O)(NC1CCC(N2CCCS2(=O)=O)CC1)c1cncc(Cl)c1. The van der Waals surface area contributed by atoms with E-state index in [0.717, 1.165) is 0 Å². The van der Waals surface area contributed by atoms with Crippen LogP contribution >= 0.6 is 11.6 Å². The van der Waals surface area contributed by atoms with E-state index in [1.54, 1.807) is 4.31 Å². The number of sulfonamides is 2. The third kappa shape index (κ3) is 3.91. The van der Waals surface area contributed by atoms with E-state index in [1.165, 1.54) is 18.5 Å². The average Bonchev–Trinajstić information content (AvgIpc) is 2.87. The van der Waals surface area contributed by atoms with Gasteiger partial charge in [0.05, 0.1) is 10.8 Å². The highest BCUT2D eigenvalue weighted by Gasteiger charge is 2.37. The Balaban J connectivity index is 1.61. The molecule has 134 valence electrons. The summed E-state index contributed by atoms with van der Waals surface area (Å²) in [5, 5.41) is 0.265. The Hall–Kier alpha value is -0.740. The maximum atomic E-state index is 12.4. The van der Waals surface area contributed by atoms with Gasteiger partial charge >= 0.3 is 0 Å². The van der Waals surface area contributed by atoms with E-state index >= 15 is 0 Å². The van der Waals surface area contributed by atoms with Crippen molar-refractivity contribution in [1.82, 2.24) is 14.0 Å². The van der Waals surface area contributed by atoms with Gasteiger partial charge in [0.25, 0.3) is 0 Å². The van der Waals surface area contributed by atoms with Gasteiger partial charge < -0.3 is 0 Å². The van der Waals surface area contributed by atoms with Crippen LogP contribution in [0.15, 0.2) is 23.4 Å². The van der Waals surface area contributed by atoms with Crippen molar-refractivity contribution in [3.8, 4) is 0 Å². The number of halogens is 1. The maximum Gasteiger partial charge on any atom is 0.242 e. The lowest BCUT2D eigenvalue weighted by Crippen LogP contribution is -2.44. The Kier molecular flexibility index (Phi) is 5.17. The molecule has 7 nitrogen and oxygen atoms in total. The molecule has 1 aliphatic carbocycles. The fourth-order valence-electron chi connectivity index (χ4n) is 3.38. The first-order valence-corrected chi connectivity index (χ1v) is 11.4.